The molecule has 0 aliphatic heterocycles. The summed E-state index contributed by atoms with van der Waals surface area (Å²) in [5, 5.41) is 0. The van der Waals surface area contributed by atoms with E-state index in [1.165, 1.54) is 0 Å². The number of allylic oxidation sites excluding steroid dienone is 7. The summed E-state index contributed by atoms with van der Waals surface area (Å²) in [4.78, 5) is 0. The summed E-state index contributed by atoms with van der Waals surface area (Å²) in [5.41, 5.74) is 1.01. The Bertz CT molecular complexity index is 370. The van der Waals surface area contributed by atoms with Crippen LogP contribution < -0.4 is 0 Å². The van der Waals surface area contributed by atoms with Gasteiger partial charge in [-0.3, -0.25) is 0 Å². The maximum absolute atomic E-state index is 5.25. The fourth-order valence-electron chi connectivity index (χ4n) is 0.810. The highest BCUT2D eigenvalue weighted by molar-refractivity contribution is 5.30. The van der Waals surface area contributed by atoms with Crippen molar-refractivity contribution >= 4 is 0 Å². The van der Waals surface area contributed by atoms with Crippen LogP contribution in [0.5, 0.6) is 0 Å². The molecule has 0 amide bonds. The fraction of sp³-hybridized carbons (Fsp3) is 0.294. The lowest BCUT2D eigenvalue weighted by Gasteiger charge is -1.98. The Morgan fingerprint density at radius 2 is 1.94 bits per heavy atom. The summed E-state index contributed by atoms with van der Waals surface area (Å²) < 4.78 is 5.25. The van der Waals surface area contributed by atoms with E-state index in [0.29, 0.717) is 12.4 Å². The fourth-order valence-corrected chi connectivity index (χ4v) is 0.810. The zero-order valence-corrected chi connectivity index (χ0v) is 12.0. The summed E-state index contributed by atoms with van der Waals surface area (Å²) in [6, 6.07) is 0. The summed E-state index contributed by atoms with van der Waals surface area (Å²) >= 11 is 0. The molecule has 0 unspecified atom stereocenters. The van der Waals surface area contributed by atoms with Crippen LogP contribution >= 0.6 is 0 Å². The Morgan fingerprint density at radius 3 is 2.50 bits per heavy atom. The van der Waals surface area contributed by atoms with Gasteiger partial charge in [-0.25, -0.2) is 0 Å². The molecular weight excluding hydrogens is 220 g/mol. The van der Waals surface area contributed by atoms with E-state index in [1.54, 1.807) is 18.2 Å². The molecule has 0 saturated heterocycles. The maximum atomic E-state index is 5.25. The van der Waals surface area contributed by atoms with E-state index in [1.807, 2.05) is 45.9 Å². The summed E-state index contributed by atoms with van der Waals surface area (Å²) in [6.07, 6.45) is 11.1. The van der Waals surface area contributed by atoms with Gasteiger partial charge in [0.15, 0.2) is 0 Å². The Kier molecular flexibility index (Phi) is 15.4. The third-order valence-electron chi connectivity index (χ3n) is 1.57. The molecule has 1 heteroatoms. The van der Waals surface area contributed by atoms with Crippen LogP contribution in [0.15, 0.2) is 60.9 Å². The molecule has 0 spiro atoms. The normalized spacial score (nSPS) is 10.3. The average Bonchev–Trinajstić information content (AvgIpc) is 2.41. The predicted octanol–water partition coefficient (Wildman–Crippen LogP) is 4.81. The largest absolute Gasteiger partial charge is 0.482 e. The van der Waals surface area contributed by atoms with Crippen molar-refractivity contribution in [3.8, 4) is 11.8 Å². The first-order valence-electron chi connectivity index (χ1n) is 6.10. The highest BCUT2D eigenvalue weighted by Crippen LogP contribution is 1.95. The third kappa shape index (κ3) is 14.1. The van der Waals surface area contributed by atoms with Crippen LogP contribution in [0.1, 0.15) is 27.7 Å². The second-order valence-electron chi connectivity index (χ2n) is 3.03. The van der Waals surface area contributed by atoms with Gasteiger partial charge in [0, 0.05) is 0 Å². The average molecular weight is 244 g/mol. The molecule has 0 fully saturated rings. The van der Waals surface area contributed by atoms with Gasteiger partial charge in [0.2, 0.25) is 0 Å². The highest BCUT2D eigenvalue weighted by Gasteiger charge is 1.84. The monoisotopic (exact) mass is 244 g/mol. The van der Waals surface area contributed by atoms with Crippen LogP contribution in [0.25, 0.3) is 0 Å². The van der Waals surface area contributed by atoms with E-state index >= 15 is 0 Å². The minimum absolute atomic E-state index is 0.349. The molecule has 98 valence electrons. The van der Waals surface area contributed by atoms with Gasteiger partial charge in [0.25, 0.3) is 0 Å². The summed E-state index contributed by atoms with van der Waals surface area (Å²) in [7, 11) is 0. The number of rotatable bonds is 5. The lowest BCUT2D eigenvalue weighted by atomic mass is 10.3. The maximum Gasteiger partial charge on any atom is 0.149 e. The smallest absolute Gasteiger partial charge is 0.149 e. The molecule has 0 saturated carbocycles. The topological polar surface area (TPSA) is 9.23 Å². The molecule has 0 rings (SSSR count). The van der Waals surface area contributed by atoms with E-state index in [-0.39, 0.29) is 0 Å². The molecule has 1 nitrogen and oxygen atoms in total. The molecule has 0 heterocycles. The zero-order chi connectivity index (χ0) is 14.2. The van der Waals surface area contributed by atoms with Gasteiger partial charge in [0.1, 0.15) is 12.4 Å². The Balaban J connectivity index is 0. The second-order valence-corrected chi connectivity index (χ2v) is 3.03. The SMILES string of the molecule is C=C/C=C\C(=C)OCC#C/C(C)=C/C=C\C.CC. The Morgan fingerprint density at radius 1 is 1.28 bits per heavy atom. The van der Waals surface area contributed by atoms with Crippen molar-refractivity contribution in [2.45, 2.75) is 27.7 Å². The second kappa shape index (κ2) is 15.1. The molecule has 0 N–H and O–H groups in total. The summed E-state index contributed by atoms with van der Waals surface area (Å²) in [5.74, 6) is 6.47. The van der Waals surface area contributed by atoms with Crippen molar-refractivity contribution in [1.82, 2.24) is 0 Å². The van der Waals surface area contributed by atoms with E-state index in [4.69, 9.17) is 4.74 Å². The van der Waals surface area contributed by atoms with Crippen molar-refractivity contribution in [3.05, 3.63) is 60.9 Å². The predicted molar refractivity (Wildman–Crippen MR) is 82.1 cm³/mol. The summed E-state index contributed by atoms with van der Waals surface area (Å²) in [6.45, 7) is 15.5. The first-order chi connectivity index (χ1) is 8.70. The Labute approximate surface area is 112 Å². The van der Waals surface area contributed by atoms with Gasteiger partial charge < -0.3 is 4.74 Å². The standard InChI is InChI=1S/C15H18O.C2H6/c1-5-7-10-14(3)11-9-13-16-15(4)12-8-6-2;1-2/h5-8,10,12H,2,4,13H2,1,3H3;1-2H3/b7-5-,12-8-,14-10+;. The molecule has 0 radical (unpaired) electrons. The third-order valence-corrected chi connectivity index (χ3v) is 1.57. The van der Waals surface area contributed by atoms with E-state index < -0.39 is 0 Å². The zero-order valence-electron chi connectivity index (χ0n) is 12.0. The first kappa shape index (κ1) is 18.4. The van der Waals surface area contributed by atoms with Crippen LogP contribution in [0.2, 0.25) is 0 Å². The minimum Gasteiger partial charge on any atom is -0.482 e. The molecule has 18 heavy (non-hydrogen) atoms. The molecule has 0 bridgehead atoms. The van der Waals surface area contributed by atoms with Gasteiger partial charge in [-0.2, -0.15) is 0 Å². The molecular formula is C17H24O. The molecule has 0 atom stereocenters. The van der Waals surface area contributed by atoms with Crippen molar-refractivity contribution < 1.29 is 4.74 Å². The molecule has 0 aromatic rings. The Hall–Kier alpha value is -1.94. The van der Waals surface area contributed by atoms with E-state index in [2.05, 4.69) is 25.0 Å². The van der Waals surface area contributed by atoms with Gasteiger partial charge >= 0.3 is 0 Å². The van der Waals surface area contributed by atoms with Crippen LogP contribution in [-0.4, -0.2) is 6.61 Å². The first-order valence-corrected chi connectivity index (χ1v) is 6.10. The van der Waals surface area contributed by atoms with Gasteiger partial charge in [0.05, 0.1) is 0 Å². The van der Waals surface area contributed by atoms with Crippen molar-refractivity contribution in [3.63, 3.8) is 0 Å². The number of ether oxygens (including phenoxy) is 1. The van der Waals surface area contributed by atoms with Gasteiger partial charge in [-0.1, -0.05) is 69.2 Å². The minimum atomic E-state index is 0.349. The lowest BCUT2D eigenvalue weighted by Crippen LogP contribution is -1.88. The quantitative estimate of drug-likeness (QED) is 0.383. The molecule has 0 aromatic heterocycles. The van der Waals surface area contributed by atoms with Crippen LogP contribution in [0, 0.1) is 11.8 Å². The molecule has 0 aliphatic rings. The lowest BCUT2D eigenvalue weighted by molar-refractivity contribution is 0.269. The van der Waals surface area contributed by atoms with Crippen LogP contribution in [0.3, 0.4) is 0 Å². The number of hydrogen-bond donors (Lipinski definition) is 0. The van der Waals surface area contributed by atoms with E-state index in [9.17, 15) is 0 Å². The van der Waals surface area contributed by atoms with Crippen molar-refractivity contribution in [2.75, 3.05) is 6.61 Å². The van der Waals surface area contributed by atoms with E-state index in [0.717, 1.165) is 5.57 Å². The van der Waals surface area contributed by atoms with Crippen molar-refractivity contribution in [2.24, 2.45) is 0 Å². The number of hydrogen-bond acceptors (Lipinski definition) is 1. The highest BCUT2D eigenvalue weighted by atomic mass is 16.5. The van der Waals surface area contributed by atoms with Crippen molar-refractivity contribution in [1.29, 1.82) is 0 Å². The molecule has 0 aromatic carbocycles. The van der Waals surface area contributed by atoms with Gasteiger partial charge in [-0.15, -0.1) is 0 Å². The van der Waals surface area contributed by atoms with Crippen LogP contribution in [-0.2, 0) is 4.74 Å². The van der Waals surface area contributed by atoms with Crippen LogP contribution in [0.4, 0.5) is 0 Å². The van der Waals surface area contributed by atoms with Gasteiger partial charge in [-0.05, 0) is 25.5 Å². The molecule has 0 aliphatic carbocycles.